The van der Waals surface area contributed by atoms with Crippen molar-refractivity contribution in [3.8, 4) is 0 Å². The molecule has 0 radical (unpaired) electrons. The number of nitrogens with zero attached hydrogens (tertiary/aromatic N) is 2. The highest BCUT2D eigenvalue weighted by Gasteiger charge is 2.32. The molecular formula is C20H20N2O5S. The third-order valence-electron chi connectivity index (χ3n) is 5.13. The molecule has 1 saturated heterocycles. The molecule has 1 aromatic heterocycles. The van der Waals surface area contributed by atoms with Gasteiger partial charge in [-0.05, 0) is 24.1 Å². The van der Waals surface area contributed by atoms with Crippen molar-refractivity contribution in [1.29, 1.82) is 0 Å². The third-order valence-corrected chi connectivity index (χ3v) is 7.26. The highest BCUT2D eigenvalue weighted by Crippen LogP contribution is 2.29. The Balaban J connectivity index is 1.55. The average molecular weight is 400 g/mol. The van der Waals surface area contributed by atoms with Gasteiger partial charge in [0.1, 0.15) is 6.54 Å². The Morgan fingerprint density at radius 2 is 1.75 bits per heavy atom. The summed E-state index contributed by atoms with van der Waals surface area (Å²) < 4.78 is 31.9. The zero-order valence-corrected chi connectivity index (χ0v) is 16.0. The molecule has 2 heterocycles. The van der Waals surface area contributed by atoms with Gasteiger partial charge >= 0.3 is 5.76 Å². The van der Waals surface area contributed by atoms with Gasteiger partial charge < -0.3 is 9.32 Å². The minimum atomic E-state index is -3.37. The molecule has 7 nitrogen and oxygen atoms in total. The van der Waals surface area contributed by atoms with Gasteiger partial charge in [-0.3, -0.25) is 9.36 Å². The SMILES string of the molecule is O=C(Cn1c(=O)oc2ccccc21)N1CCC(c2ccccc2)S(=O)(=O)CC1. The van der Waals surface area contributed by atoms with Gasteiger partial charge in [-0.2, -0.15) is 0 Å². The quantitative estimate of drug-likeness (QED) is 0.671. The Morgan fingerprint density at radius 3 is 2.54 bits per heavy atom. The van der Waals surface area contributed by atoms with E-state index in [4.69, 9.17) is 4.42 Å². The maximum Gasteiger partial charge on any atom is 0.420 e. The van der Waals surface area contributed by atoms with Crippen LogP contribution in [0.5, 0.6) is 0 Å². The topological polar surface area (TPSA) is 89.6 Å². The van der Waals surface area contributed by atoms with E-state index < -0.39 is 20.8 Å². The lowest BCUT2D eigenvalue weighted by Crippen LogP contribution is -2.37. The Bertz CT molecular complexity index is 1160. The van der Waals surface area contributed by atoms with Gasteiger partial charge in [-0.15, -0.1) is 0 Å². The number of hydrogen-bond donors (Lipinski definition) is 0. The summed E-state index contributed by atoms with van der Waals surface area (Å²) in [7, 11) is -3.37. The lowest BCUT2D eigenvalue weighted by atomic mass is 10.1. The second-order valence-corrected chi connectivity index (χ2v) is 9.16. The van der Waals surface area contributed by atoms with Crippen molar-refractivity contribution in [2.24, 2.45) is 0 Å². The monoisotopic (exact) mass is 400 g/mol. The Hall–Kier alpha value is -2.87. The smallest absolute Gasteiger partial charge is 0.408 e. The van der Waals surface area contributed by atoms with Gasteiger partial charge in [-0.25, -0.2) is 13.2 Å². The number of para-hydroxylation sites is 2. The van der Waals surface area contributed by atoms with E-state index in [1.807, 2.05) is 18.2 Å². The summed E-state index contributed by atoms with van der Waals surface area (Å²) in [6.45, 7) is 0.267. The average Bonchev–Trinajstić information content (AvgIpc) is 2.90. The van der Waals surface area contributed by atoms with Gasteiger partial charge in [0, 0.05) is 13.1 Å². The number of benzene rings is 2. The van der Waals surface area contributed by atoms with E-state index in [9.17, 15) is 18.0 Å². The first-order chi connectivity index (χ1) is 13.5. The number of sulfone groups is 1. The van der Waals surface area contributed by atoms with E-state index in [1.165, 1.54) is 9.47 Å². The van der Waals surface area contributed by atoms with Gasteiger partial charge in [0.25, 0.3) is 0 Å². The van der Waals surface area contributed by atoms with Crippen LogP contribution in [-0.2, 0) is 21.2 Å². The van der Waals surface area contributed by atoms with Crippen LogP contribution < -0.4 is 5.76 Å². The summed E-state index contributed by atoms with van der Waals surface area (Å²) in [5.74, 6) is -0.990. The zero-order chi connectivity index (χ0) is 19.7. The van der Waals surface area contributed by atoms with E-state index in [0.29, 0.717) is 24.1 Å². The largest absolute Gasteiger partial charge is 0.420 e. The Kier molecular flexibility index (Phi) is 4.80. The fourth-order valence-electron chi connectivity index (χ4n) is 3.63. The molecule has 1 amide bonds. The molecule has 4 rings (SSSR count). The second-order valence-electron chi connectivity index (χ2n) is 6.86. The van der Waals surface area contributed by atoms with Gasteiger partial charge in [0.2, 0.25) is 5.91 Å². The number of oxazole rings is 1. The number of carbonyl (C=O) groups is 1. The predicted molar refractivity (Wildman–Crippen MR) is 105 cm³/mol. The van der Waals surface area contributed by atoms with Gasteiger partial charge in [0.15, 0.2) is 15.4 Å². The first-order valence-corrected chi connectivity index (χ1v) is 10.8. The van der Waals surface area contributed by atoms with Crippen LogP contribution in [0.4, 0.5) is 0 Å². The molecule has 1 atom stereocenters. The molecule has 28 heavy (non-hydrogen) atoms. The fraction of sp³-hybridized carbons (Fsp3) is 0.300. The van der Waals surface area contributed by atoms with Crippen LogP contribution in [0.25, 0.3) is 11.1 Å². The van der Waals surface area contributed by atoms with E-state index in [1.54, 1.807) is 36.4 Å². The molecule has 2 aromatic carbocycles. The summed E-state index contributed by atoms with van der Waals surface area (Å²) in [6.07, 6.45) is 0.332. The fourth-order valence-corrected chi connectivity index (χ4v) is 5.43. The first kappa shape index (κ1) is 18.5. The maximum absolute atomic E-state index is 12.8. The van der Waals surface area contributed by atoms with Crippen molar-refractivity contribution < 1.29 is 17.6 Å². The summed E-state index contributed by atoms with van der Waals surface area (Å²) in [6, 6.07) is 16.0. The third kappa shape index (κ3) is 3.47. The molecular weight excluding hydrogens is 380 g/mol. The molecule has 3 aromatic rings. The van der Waals surface area contributed by atoms with Crippen molar-refractivity contribution in [2.75, 3.05) is 18.8 Å². The van der Waals surface area contributed by atoms with E-state index in [-0.39, 0.29) is 24.7 Å². The zero-order valence-electron chi connectivity index (χ0n) is 15.2. The standard InChI is InChI=1S/C20H20N2O5S/c23-19(14-22-16-8-4-5-9-17(16)27-20(22)24)21-11-10-18(28(25,26)13-12-21)15-6-2-1-3-7-15/h1-9,18H,10-14H2. The number of carbonyl (C=O) groups excluding carboxylic acids is 1. The minimum Gasteiger partial charge on any atom is -0.408 e. The van der Waals surface area contributed by atoms with Crippen molar-refractivity contribution in [3.05, 3.63) is 70.7 Å². The van der Waals surface area contributed by atoms with Crippen LogP contribution in [0, 0.1) is 0 Å². The van der Waals surface area contributed by atoms with Crippen LogP contribution >= 0.6 is 0 Å². The minimum absolute atomic E-state index is 0.0979. The number of hydrogen-bond acceptors (Lipinski definition) is 5. The highest BCUT2D eigenvalue weighted by atomic mass is 32.2. The van der Waals surface area contributed by atoms with E-state index in [2.05, 4.69) is 0 Å². The van der Waals surface area contributed by atoms with E-state index >= 15 is 0 Å². The molecule has 0 aliphatic carbocycles. The molecule has 0 saturated carbocycles. The number of rotatable bonds is 3. The number of amides is 1. The first-order valence-electron chi connectivity index (χ1n) is 9.08. The number of aromatic nitrogens is 1. The predicted octanol–water partition coefficient (Wildman–Crippen LogP) is 1.98. The molecule has 1 aliphatic heterocycles. The molecule has 0 spiro atoms. The lowest BCUT2D eigenvalue weighted by Gasteiger charge is -2.20. The normalized spacial score (nSPS) is 19.4. The van der Waals surface area contributed by atoms with Crippen LogP contribution in [-0.4, -0.2) is 42.6 Å². The molecule has 1 aliphatic rings. The molecule has 0 N–H and O–H groups in total. The molecule has 146 valence electrons. The Labute approximate surface area is 162 Å². The van der Waals surface area contributed by atoms with Crippen LogP contribution in [0.2, 0.25) is 0 Å². The van der Waals surface area contributed by atoms with Gasteiger partial charge in [0.05, 0.1) is 16.5 Å². The van der Waals surface area contributed by atoms with Crippen molar-refractivity contribution >= 4 is 26.8 Å². The molecule has 0 bridgehead atoms. The van der Waals surface area contributed by atoms with Crippen LogP contribution in [0.15, 0.2) is 63.8 Å². The second kappa shape index (κ2) is 7.27. The molecule has 8 heteroatoms. The van der Waals surface area contributed by atoms with Crippen LogP contribution in [0.1, 0.15) is 17.2 Å². The Morgan fingerprint density at radius 1 is 1.04 bits per heavy atom. The number of fused-ring (bicyclic) bond motifs is 1. The lowest BCUT2D eigenvalue weighted by molar-refractivity contribution is -0.131. The summed E-state index contributed by atoms with van der Waals surface area (Å²) in [4.78, 5) is 26.4. The van der Waals surface area contributed by atoms with Gasteiger partial charge in [-0.1, -0.05) is 42.5 Å². The summed E-state index contributed by atoms with van der Waals surface area (Å²) in [5.41, 5.74) is 1.71. The summed E-state index contributed by atoms with van der Waals surface area (Å²) in [5, 5.41) is -0.621. The highest BCUT2D eigenvalue weighted by molar-refractivity contribution is 7.91. The molecule has 1 unspecified atom stereocenters. The van der Waals surface area contributed by atoms with Crippen molar-refractivity contribution in [1.82, 2.24) is 9.47 Å². The molecule has 1 fully saturated rings. The maximum atomic E-state index is 12.8. The van der Waals surface area contributed by atoms with E-state index in [0.717, 1.165) is 5.56 Å². The van der Waals surface area contributed by atoms with Crippen LogP contribution in [0.3, 0.4) is 0 Å². The van der Waals surface area contributed by atoms with Crippen molar-refractivity contribution in [3.63, 3.8) is 0 Å². The summed E-state index contributed by atoms with van der Waals surface area (Å²) >= 11 is 0. The van der Waals surface area contributed by atoms with Crippen molar-refractivity contribution in [2.45, 2.75) is 18.2 Å².